The third-order valence-corrected chi connectivity index (χ3v) is 4.90. The number of unbranched alkanes of at least 4 members (excludes halogenated alkanes) is 11. The molecular formula is C21H39O7P. The quantitative estimate of drug-likeness (QED) is 0.117. The Balaban J connectivity index is 3.39. The van der Waals surface area contributed by atoms with E-state index in [4.69, 9.17) is 14.5 Å². The molecule has 0 aromatic carbocycles. The Bertz CT molecular complexity index is 499. The fourth-order valence-electron chi connectivity index (χ4n) is 2.77. The van der Waals surface area contributed by atoms with E-state index in [9.17, 15) is 14.2 Å². The summed E-state index contributed by atoms with van der Waals surface area (Å²) in [5.74, 6) is -1.17. The molecular weight excluding hydrogens is 395 g/mol. The predicted octanol–water partition coefficient (Wildman–Crippen LogP) is 5.25. The first kappa shape index (κ1) is 28.0. The zero-order valence-electron chi connectivity index (χ0n) is 17.9. The van der Waals surface area contributed by atoms with Crippen LogP contribution in [0.5, 0.6) is 0 Å². The molecule has 0 rings (SSSR count). The van der Waals surface area contributed by atoms with E-state index in [1.165, 1.54) is 44.9 Å². The lowest BCUT2D eigenvalue weighted by molar-refractivity contribution is -0.148. The first-order valence-electron chi connectivity index (χ1n) is 10.9. The third kappa shape index (κ3) is 23.1. The highest BCUT2D eigenvalue weighted by Gasteiger charge is 2.17. The number of carbonyl (C=O) groups is 2. The maximum Gasteiger partial charge on any atom is 0.470 e. The number of Topliss-reactive ketones (excluding diaryl/α,β-unsaturated/α-hetero) is 1. The van der Waals surface area contributed by atoms with Gasteiger partial charge in [0, 0.05) is 6.42 Å². The summed E-state index contributed by atoms with van der Waals surface area (Å²) < 4.78 is 19.2. The van der Waals surface area contributed by atoms with Gasteiger partial charge in [-0.2, -0.15) is 0 Å². The van der Waals surface area contributed by atoms with Gasteiger partial charge in [-0.25, -0.2) is 4.57 Å². The number of ether oxygens (including phenoxy) is 1. The zero-order valence-corrected chi connectivity index (χ0v) is 18.7. The van der Waals surface area contributed by atoms with Crippen LogP contribution < -0.4 is 0 Å². The number of esters is 1. The van der Waals surface area contributed by atoms with E-state index in [1.807, 2.05) is 0 Å². The normalized spacial score (nSPS) is 11.8. The van der Waals surface area contributed by atoms with E-state index in [1.54, 1.807) is 0 Å². The van der Waals surface area contributed by atoms with Gasteiger partial charge in [0.05, 0.1) is 0 Å². The first-order chi connectivity index (χ1) is 13.8. The fraction of sp³-hybridized carbons (Fsp3) is 0.810. The molecule has 29 heavy (non-hydrogen) atoms. The predicted molar refractivity (Wildman–Crippen MR) is 113 cm³/mol. The van der Waals surface area contributed by atoms with Gasteiger partial charge >= 0.3 is 13.8 Å². The summed E-state index contributed by atoms with van der Waals surface area (Å²) in [7, 11) is -4.68. The smallest absolute Gasteiger partial charge is 0.458 e. The van der Waals surface area contributed by atoms with E-state index in [0.717, 1.165) is 32.1 Å². The Labute approximate surface area is 175 Å². The van der Waals surface area contributed by atoms with Gasteiger partial charge in [-0.05, 0) is 32.1 Å². The van der Waals surface area contributed by atoms with Gasteiger partial charge in [0.25, 0.3) is 0 Å². The molecule has 0 heterocycles. The minimum absolute atomic E-state index is 0.241. The molecule has 0 aromatic rings. The number of hydrogen-bond donors (Lipinski definition) is 2. The van der Waals surface area contributed by atoms with Crippen molar-refractivity contribution in [2.75, 3.05) is 13.2 Å². The summed E-state index contributed by atoms with van der Waals surface area (Å²) in [6.07, 6.45) is 20.1. The van der Waals surface area contributed by atoms with Crippen molar-refractivity contribution in [3.05, 3.63) is 12.2 Å². The molecule has 0 aliphatic carbocycles. The number of ketones is 1. The summed E-state index contributed by atoms with van der Waals surface area (Å²) in [5, 5.41) is 0. The van der Waals surface area contributed by atoms with E-state index in [0.29, 0.717) is 6.42 Å². The maximum atomic E-state index is 11.5. The molecule has 8 heteroatoms. The van der Waals surface area contributed by atoms with Crippen molar-refractivity contribution in [2.45, 2.75) is 96.8 Å². The molecule has 0 spiro atoms. The van der Waals surface area contributed by atoms with Crippen molar-refractivity contribution >= 4 is 19.6 Å². The Hall–Kier alpha value is -1.01. The summed E-state index contributed by atoms with van der Waals surface area (Å²) in [6, 6.07) is 0. The third-order valence-electron chi connectivity index (χ3n) is 4.43. The molecule has 0 atom stereocenters. The Morgan fingerprint density at radius 3 is 1.86 bits per heavy atom. The average molecular weight is 435 g/mol. The van der Waals surface area contributed by atoms with Crippen LogP contribution in [-0.2, 0) is 23.4 Å². The summed E-state index contributed by atoms with van der Waals surface area (Å²) >= 11 is 0. The van der Waals surface area contributed by atoms with Crippen molar-refractivity contribution in [2.24, 2.45) is 0 Å². The molecule has 0 unspecified atom stereocenters. The van der Waals surface area contributed by atoms with Gasteiger partial charge in [0.15, 0.2) is 12.4 Å². The highest BCUT2D eigenvalue weighted by molar-refractivity contribution is 7.46. The second kappa shape index (κ2) is 19.0. The molecule has 0 saturated heterocycles. The number of rotatable bonds is 20. The molecule has 0 aliphatic heterocycles. The molecule has 0 aliphatic rings. The van der Waals surface area contributed by atoms with Crippen LogP contribution in [0.15, 0.2) is 12.2 Å². The fourth-order valence-corrected chi connectivity index (χ4v) is 3.08. The van der Waals surface area contributed by atoms with Crippen LogP contribution in [0.4, 0.5) is 0 Å². The Morgan fingerprint density at radius 2 is 1.31 bits per heavy atom. The first-order valence-corrected chi connectivity index (χ1v) is 12.4. The van der Waals surface area contributed by atoms with E-state index in [-0.39, 0.29) is 6.42 Å². The minimum Gasteiger partial charge on any atom is -0.458 e. The van der Waals surface area contributed by atoms with Crippen LogP contribution >= 0.6 is 7.82 Å². The molecule has 7 nitrogen and oxygen atoms in total. The van der Waals surface area contributed by atoms with Crippen LogP contribution in [0, 0.1) is 0 Å². The summed E-state index contributed by atoms with van der Waals surface area (Å²) in [6.45, 7) is 0.940. The largest absolute Gasteiger partial charge is 0.470 e. The molecule has 0 fully saturated rings. The van der Waals surface area contributed by atoms with Crippen molar-refractivity contribution in [1.29, 1.82) is 0 Å². The Morgan fingerprint density at radius 1 is 0.793 bits per heavy atom. The number of allylic oxidation sites excluding steroid dienone is 2. The number of carbonyl (C=O) groups excluding carboxylic acids is 2. The van der Waals surface area contributed by atoms with E-state index < -0.39 is 32.8 Å². The lowest BCUT2D eigenvalue weighted by Crippen LogP contribution is -2.17. The Kier molecular flexibility index (Phi) is 18.3. The monoisotopic (exact) mass is 434 g/mol. The topological polar surface area (TPSA) is 110 Å². The van der Waals surface area contributed by atoms with Gasteiger partial charge in [0.2, 0.25) is 0 Å². The lowest BCUT2D eigenvalue weighted by Gasteiger charge is -2.06. The molecule has 0 aromatic heterocycles. The van der Waals surface area contributed by atoms with Crippen LogP contribution in [-0.4, -0.2) is 34.8 Å². The highest BCUT2D eigenvalue weighted by Crippen LogP contribution is 2.35. The van der Waals surface area contributed by atoms with Gasteiger partial charge in [-0.3, -0.25) is 14.1 Å². The van der Waals surface area contributed by atoms with Crippen molar-refractivity contribution in [1.82, 2.24) is 0 Å². The van der Waals surface area contributed by atoms with Gasteiger partial charge in [-0.1, -0.05) is 70.4 Å². The highest BCUT2D eigenvalue weighted by atomic mass is 31.2. The second-order valence-electron chi connectivity index (χ2n) is 7.30. The zero-order chi connectivity index (χ0) is 21.8. The van der Waals surface area contributed by atoms with Crippen molar-refractivity contribution < 1.29 is 33.2 Å². The maximum absolute atomic E-state index is 11.5. The van der Waals surface area contributed by atoms with E-state index in [2.05, 4.69) is 23.6 Å². The standard InChI is InChI=1S/C21H39O7P/c1-2-3-4-5-6-7-8-9-10-11-12-13-14-15-16-17-21(23)27-18-20(22)19-28-29(24,25)26/h9-10H,2-8,11-19H2,1H3,(H2,24,25,26). The molecule has 2 N–H and O–H groups in total. The SMILES string of the molecule is CCCCCCCCC=CCCCCCCCC(=O)OCC(=O)COP(=O)(O)O. The summed E-state index contributed by atoms with van der Waals surface area (Å²) in [5.41, 5.74) is 0. The minimum atomic E-state index is -4.68. The van der Waals surface area contributed by atoms with Gasteiger partial charge in [0.1, 0.15) is 6.61 Å². The molecule has 0 saturated carbocycles. The van der Waals surface area contributed by atoms with Crippen LogP contribution in [0.25, 0.3) is 0 Å². The molecule has 0 bridgehead atoms. The van der Waals surface area contributed by atoms with E-state index >= 15 is 0 Å². The van der Waals surface area contributed by atoms with Crippen LogP contribution in [0.3, 0.4) is 0 Å². The van der Waals surface area contributed by atoms with Crippen molar-refractivity contribution in [3.8, 4) is 0 Å². The second-order valence-corrected chi connectivity index (χ2v) is 8.54. The molecule has 0 amide bonds. The number of hydrogen-bond acceptors (Lipinski definition) is 5. The number of phosphoric acid groups is 1. The number of phosphoric ester groups is 1. The van der Waals surface area contributed by atoms with Crippen LogP contribution in [0.1, 0.15) is 96.8 Å². The van der Waals surface area contributed by atoms with Crippen molar-refractivity contribution in [3.63, 3.8) is 0 Å². The van der Waals surface area contributed by atoms with Crippen LogP contribution in [0.2, 0.25) is 0 Å². The van der Waals surface area contributed by atoms with Gasteiger partial charge < -0.3 is 14.5 Å². The van der Waals surface area contributed by atoms with Gasteiger partial charge in [-0.15, -0.1) is 0 Å². The lowest BCUT2D eigenvalue weighted by atomic mass is 10.1. The molecule has 170 valence electrons. The molecule has 0 radical (unpaired) electrons. The average Bonchev–Trinajstić information content (AvgIpc) is 2.67. The summed E-state index contributed by atoms with van der Waals surface area (Å²) in [4.78, 5) is 39.7.